The molecular weight excluding hydrogens is 268 g/mol. The van der Waals surface area contributed by atoms with Gasteiger partial charge in [-0.25, -0.2) is 4.98 Å². The minimum absolute atomic E-state index is 0.797. The molecule has 5 heteroatoms. The lowest BCUT2D eigenvalue weighted by molar-refractivity contribution is 1.19. The zero-order valence-corrected chi connectivity index (χ0v) is 11.3. The first kappa shape index (κ1) is 11.3. The van der Waals surface area contributed by atoms with Gasteiger partial charge in [-0.3, -0.25) is 9.97 Å². The van der Waals surface area contributed by atoms with Gasteiger partial charge in [0.2, 0.25) is 0 Å². The molecule has 3 aromatic heterocycles. The molecule has 0 saturated heterocycles. The molecule has 20 heavy (non-hydrogen) atoms. The Bertz CT molecular complexity index is 831. The van der Waals surface area contributed by atoms with Crippen molar-refractivity contribution < 1.29 is 0 Å². The van der Waals surface area contributed by atoms with Crippen LogP contribution in [0.25, 0.3) is 33.0 Å². The molecule has 1 N–H and O–H groups in total. The lowest BCUT2D eigenvalue weighted by Gasteiger charge is -1.92. The van der Waals surface area contributed by atoms with Crippen LogP contribution in [0.15, 0.2) is 54.3 Å². The second-order valence-corrected chi connectivity index (χ2v) is 5.26. The lowest BCUT2D eigenvalue weighted by atomic mass is 10.2. The monoisotopic (exact) mass is 278 g/mol. The number of H-pyrrole nitrogens is 1. The summed E-state index contributed by atoms with van der Waals surface area (Å²) in [6.45, 7) is 0. The van der Waals surface area contributed by atoms with Gasteiger partial charge < -0.3 is 4.98 Å². The first-order valence-electron chi connectivity index (χ1n) is 6.20. The molecule has 0 saturated carbocycles. The SMILES string of the molecule is c1ccc2[nH]c(-c3nc(-c4cnccn4)cs3)cc2c1. The van der Waals surface area contributed by atoms with Gasteiger partial charge in [0.1, 0.15) is 16.4 Å². The van der Waals surface area contributed by atoms with Gasteiger partial charge >= 0.3 is 0 Å². The maximum absolute atomic E-state index is 4.63. The Hall–Kier alpha value is -2.53. The fraction of sp³-hybridized carbons (Fsp3) is 0. The summed E-state index contributed by atoms with van der Waals surface area (Å²) in [7, 11) is 0. The van der Waals surface area contributed by atoms with Crippen LogP contribution in [0.3, 0.4) is 0 Å². The molecule has 0 bridgehead atoms. The van der Waals surface area contributed by atoms with Gasteiger partial charge in [-0.2, -0.15) is 0 Å². The molecule has 4 nitrogen and oxygen atoms in total. The van der Waals surface area contributed by atoms with E-state index in [1.54, 1.807) is 29.9 Å². The maximum Gasteiger partial charge on any atom is 0.140 e. The van der Waals surface area contributed by atoms with Crippen molar-refractivity contribution in [3.05, 3.63) is 54.3 Å². The van der Waals surface area contributed by atoms with Crippen molar-refractivity contribution in [2.45, 2.75) is 0 Å². The number of hydrogen-bond donors (Lipinski definition) is 1. The van der Waals surface area contributed by atoms with E-state index in [4.69, 9.17) is 0 Å². The summed E-state index contributed by atoms with van der Waals surface area (Å²) in [5.74, 6) is 0. The van der Waals surface area contributed by atoms with E-state index in [1.807, 2.05) is 17.5 Å². The van der Waals surface area contributed by atoms with Crippen molar-refractivity contribution in [1.82, 2.24) is 19.9 Å². The minimum atomic E-state index is 0.797. The number of para-hydroxylation sites is 1. The summed E-state index contributed by atoms with van der Waals surface area (Å²) in [6.07, 6.45) is 5.07. The molecule has 4 rings (SSSR count). The normalized spacial score (nSPS) is 11.0. The van der Waals surface area contributed by atoms with Crippen molar-refractivity contribution in [2.75, 3.05) is 0 Å². The molecule has 96 valence electrons. The number of thiazole rings is 1. The van der Waals surface area contributed by atoms with Gasteiger partial charge in [0.15, 0.2) is 0 Å². The van der Waals surface area contributed by atoms with Crippen molar-refractivity contribution in [1.29, 1.82) is 0 Å². The van der Waals surface area contributed by atoms with Gasteiger partial charge in [0.25, 0.3) is 0 Å². The van der Waals surface area contributed by atoms with E-state index in [1.165, 1.54) is 5.39 Å². The number of fused-ring (bicyclic) bond motifs is 1. The highest BCUT2D eigenvalue weighted by Crippen LogP contribution is 2.29. The number of aromatic amines is 1. The van der Waals surface area contributed by atoms with Crippen LogP contribution in [0, 0.1) is 0 Å². The number of aromatic nitrogens is 4. The van der Waals surface area contributed by atoms with Crippen LogP contribution in [0.2, 0.25) is 0 Å². The lowest BCUT2D eigenvalue weighted by Crippen LogP contribution is -1.84. The Morgan fingerprint density at radius 3 is 2.85 bits per heavy atom. The minimum Gasteiger partial charge on any atom is -0.353 e. The molecule has 1 aromatic carbocycles. The van der Waals surface area contributed by atoms with Crippen LogP contribution in [0.4, 0.5) is 0 Å². The molecule has 0 fully saturated rings. The van der Waals surface area contributed by atoms with Crippen molar-refractivity contribution in [2.24, 2.45) is 0 Å². The third-order valence-corrected chi connectivity index (χ3v) is 3.97. The predicted molar refractivity (Wildman–Crippen MR) is 80.4 cm³/mol. The number of nitrogens with one attached hydrogen (secondary N) is 1. The van der Waals surface area contributed by atoms with E-state index in [-0.39, 0.29) is 0 Å². The van der Waals surface area contributed by atoms with Crippen molar-refractivity contribution >= 4 is 22.2 Å². The largest absolute Gasteiger partial charge is 0.353 e. The van der Waals surface area contributed by atoms with Gasteiger partial charge in [-0.15, -0.1) is 11.3 Å². The Labute approximate surface area is 119 Å². The van der Waals surface area contributed by atoms with E-state index in [0.717, 1.165) is 27.6 Å². The second kappa shape index (κ2) is 4.54. The topological polar surface area (TPSA) is 54.5 Å². The zero-order chi connectivity index (χ0) is 13.4. The number of hydrogen-bond acceptors (Lipinski definition) is 4. The summed E-state index contributed by atoms with van der Waals surface area (Å²) < 4.78 is 0. The Balaban J connectivity index is 1.78. The van der Waals surface area contributed by atoms with Crippen LogP contribution in [-0.2, 0) is 0 Å². The van der Waals surface area contributed by atoms with Gasteiger partial charge in [0, 0.05) is 28.7 Å². The van der Waals surface area contributed by atoms with E-state index < -0.39 is 0 Å². The molecule has 3 heterocycles. The molecule has 4 aromatic rings. The van der Waals surface area contributed by atoms with Gasteiger partial charge in [-0.1, -0.05) is 18.2 Å². The van der Waals surface area contributed by atoms with E-state index in [2.05, 4.69) is 38.1 Å². The van der Waals surface area contributed by atoms with Crippen LogP contribution in [0.5, 0.6) is 0 Å². The average Bonchev–Trinajstić information content (AvgIpc) is 3.14. The first-order valence-corrected chi connectivity index (χ1v) is 7.08. The molecule has 0 atom stereocenters. The average molecular weight is 278 g/mol. The molecule has 0 radical (unpaired) electrons. The molecule has 0 amide bonds. The third-order valence-electron chi connectivity index (χ3n) is 3.09. The summed E-state index contributed by atoms with van der Waals surface area (Å²) in [5, 5.41) is 4.16. The van der Waals surface area contributed by atoms with Gasteiger partial charge in [0.05, 0.1) is 11.9 Å². The highest BCUT2D eigenvalue weighted by Gasteiger charge is 2.09. The molecule has 0 unspecified atom stereocenters. The quantitative estimate of drug-likeness (QED) is 0.607. The Morgan fingerprint density at radius 2 is 2.00 bits per heavy atom. The molecule has 0 aliphatic rings. The second-order valence-electron chi connectivity index (χ2n) is 4.40. The van der Waals surface area contributed by atoms with E-state index in [9.17, 15) is 0 Å². The third kappa shape index (κ3) is 1.88. The smallest absolute Gasteiger partial charge is 0.140 e. The fourth-order valence-electron chi connectivity index (χ4n) is 2.14. The number of nitrogens with zero attached hydrogens (tertiary/aromatic N) is 3. The van der Waals surface area contributed by atoms with E-state index in [0.29, 0.717) is 0 Å². The van der Waals surface area contributed by atoms with Crippen molar-refractivity contribution in [3.8, 4) is 22.1 Å². The molecule has 0 spiro atoms. The predicted octanol–water partition coefficient (Wildman–Crippen LogP) is 3.75. The zero-order valence-electron chi connectivity index (χ0n) is 10.4. The first-order chi connectivity index (χ1) is 9.90. The number of rotatable bonds is 2. The standard InChI is InChI=1S/C15H10N4S/c1-2-4-11-10(3-1)7-12(18-11)15-19-14(9-20-15)13-8-16-5-6-17-13/h1-9,18H. The summed E-state index contributed by atoms with van der Waals surface area (Å²) >= 11 is 1.60. The maximum atomic E-state index is 4.63. The summed E-state index contributed by atoms with van der Waals surface area (Å²) in [4.78, 5) is 16.4. The molecule has 0 aliphatic heterocycles. The van der Waals surface area contributed by atoms with Crippen LogP contribution < -0.4 is 0 Å². The summed E-state index contributed by atoms with van der Waals surface area (Å²) in [6, 6.07) is 10.3. The van der Waals surface area contributed by atoms with Crippen molar-refractivity contribution in [3.63, 3.8) is 0 Å². The number of benzene rings is 1. The van der Waals surface area contributed by atoms with Crippen LogP contribution in [0.1, 0.15) is 0 Å². The van der Waals surface area contributed by atoms with Gasteiger partial charge in [-0.05, 0) is 12.1 Å². The fourth-order valence-corrected chi connectivity index (χ4v) is 2.92. The molecule has 0 aliphatic carbocycles. The molecular formula is C15H10N4S. The highest BCUT2D eigenvalue weighted by atomic mass is 32.1. The van der Waals surface area contributed by atoms with Crippen LogP contribution >= 0.6 is 11.3 Å². The summed E-state index contributed by atoms with van der Waals surface area (Å²) in [5.41, 5.74) is 3.81. The Morgan fingerprint density at radius 1 is 1.05 bits per heavy atom. The van der Waals surface area contributed by atoms with Crippen LogP contribution in [-0.4, -0.2) is 19.9 Å². The van der Waals surface area contributed by atoms with E-state index >= 15 is 0 Å². The highest BCUT2D eigenvalue weighted by molar-refractivity contribution is 7.13. The Kier molecular flexibility index (Phi) is 2.57.